The van der Waals surface area contributed by atoms with E-state index in [1.807, 2.05) is 35.0 Å². The van der Waals surface area contributed by atoms with Crippen LogP contribution in [0, 0.1) is 5.82 Å². The normalized spacial score (nSPS) is 16.2. The molecular formula is C26H28FN5O2. The largest absolute Gasteiger partial charge is 0.388 e. The number of halogens is 1. The maximum Gasteiger partial charge on any atom is 0.262 e. The van der Waals surface area contributed by atoms with Crippen LogP contribution in [0.15, 0.2) is 71.9 Å². The fourth-order valence-corrected chi connectivity index (χ4v) is 4.66. The molecule has 0 atom stereocenters. The summed E-state index contributed by atoms with van der Waals surface area (Å²) in [6.45, 7) is 2.75. The average Bonchev–Trinajstić information content (AvgIpc) is 3.29. The molecule has 8 heteroatoms. The molecule has 4 aromatic rings. The Labute approximate surface area is 196 Å². The van der Waals surface area contributed by atoms with Crippen LogP contribution in [0.5, 0.6) is 0 Å². The molecule has 2 aromatic heterocycles. The molecule has 176 valence electrons. The molecule has 0 radical (unpaired) electrons. The summed E-state index contributed by atoms with van der Waals surface area (Å²) in [5, 5.41) is 11.7. The first-order chi connectivity index (χ1) is 16.4. The number of nitrogens with zero attached hydrogens (tertiary/aromatic N) is 4. The molecule has 0 bridgehead atoms. The van der Waals surface area contributed by atoms with E-state index in [4.69, 9.17) is 5.73 Å². The first-order valence-corrected chi connectivity index (χ1v) is 11.5. The van der Waals surface area contributed by atoms with Crippen molar-refractivity contribution in [1.29, 1.82) is 0 Å². The number of aliphatic hydroxyl groups is 1. The second-order valence-electron chi connectivity index (χ2n) is 9.10. The van der Waals surface area contributed by atoms with Crippen LogP contribution in [-0.2, 0) is 19.6 Å². The SMILES string of the molecule is NCc1cccc(-n2ccc3c(=O)n(CC4(O)CCN(Cc5ccc(F)cc5)CC4)cnc32)c1. The van der Waals surface area contributed by atoms with E-state index in [1.165, 1.54) is 23.0 Å². The number of hydrogen-bond donors (Lipinski definition) is 2. The summed E-state index contributed by atoms with van der Waals surface area (Å²) >= 11 is 0. The summed E-state index contributed by atoms with van der Waals surface area (Å²) in [7, 11) is 0. The van der Waals surface area contributed by atoms with E-state index in [0.717, 1.165) is 16.8 Å². The third-order valence-electron chi connectivity index (χ3n) is 6.67. The first-order valence-electron chi connectivity index (χ1n) is 11.5. The van der Waals surface area contributed by atoms with E-state index >= 15 is 0 Å². The molecule has 3 heterocycles. The fourth-order valence-electron chi connectivity index (χ4n) is 4.66. The van der Waals surface area contributed by atoms with Gasteiger partial charge < -0.3 is 15.4 Å². The van der Waals surface area contributed by atoms with Crippen LogP contribution >= 0.6 is 0 Å². The van der Waals surface area contributed by atoms with Gasteiger partial charge in [-0.15, -0.1) is 0 Å². The highest BCUT2D eigenvalue weighted by molar-refractivity contribution is 5.77. The van der Waals surface area contributed by atoms with Crippen LogP contribution in [0.4, 0.5) is 4.39 Å². The van der Waals surface area contributed by atoms with Crippen molar-refractivity contribution < 1.29 is 9.50 Å². The van der Waals surface area contributed by atoms with Crippen molar-refractivity contribution in [2.45, 2.75) is 38.1 Å². The molecule has 0 amide bonds. The lowest BCUT2D eigenvalue weighted by Gasteiger charge is -2.38. The Morgan fingerprint density at radius 1 is 1.06 bits per heavy atom. The van der Waals surface area contributed by atoms with E-state index in [2.05, 4.69) is 9.88 Å². The van der Waals surface area contributed by atoms with Crippen molar-refractivity contribution in [2.24, 2.45) is 5.73 Å². The predicted octanol–water partition coefficient (Wildman–Crippen LogP) is 2.81. The van der Waals surface area contributed by atoms with E-state index in [9.17, 15) is 14.3 Å². The zero-order valence-electron chi connectivity index (χ0n) is 18.9. The van der Waals surface area contributed by atoms with E-state index in [-0.39, 0.29) is 17.9 Å². The first kappa shape index (κ1) is 22.5. The Bertz CT molecular complexity index is 1350. The summed E-state index contributed by atoms with van der Waals surface area (Å²) in [4.78, 5) is 20.0. The van der Waals surface area contributed by atoms with Crippen LogP contribution < -0.4 is 11.3 Å². The lowest BCUT2D eigenvalue weighted by Crippen LogP contribution is -2.47. The van der Waals surface area contributed by atoms with Crippen LogP contribution in [0.1, 0.15) is 24.0 Å². The van der Waals surface area contributed by atoms with Gasteiger partial charge in [-0.1, -0.05) is 24.3 Å². The number of likely N-dealkylation sites (tertiary alicyclic amines) is 1. The molecule has 1 aliphatic heterocycles. The van der Waals surface area contributed by atoms with Gasteiger partial charge in [0.25, 0.3) is 5.56 Å². The van der Waals surface area contributed by atoms with E-state index in [0.29, 0.717) is 50.1 Å². The molecule has 1 saturated heterocycles. The summed E-state index contributed by atoms with van der Waals surface area (Å²) < 4.78 is 16.5. The Morgan fingerprint density at radius 3 is 2.56 bits per heavy atom. The van der Waals surface area contributed by atoms with Crippen molar-refractivity contribution in [2.75, 3.05) is 13.1 Å². The van der Waals surface area contributed by atoms with Gasteiger partial charge in [0.2, 0.25) is 0 Å². The summed E-state index contributed by atoms with van der Waals surface area (Å²) in [5.41, 5.74) is 8.14. The smallest absolute Gasteiger partial charge is 0.262 e. The second kappa shape index (κ2) is 9.13. The summed E-state index contributed by atoms with van der Waals surface area (Å²) in [6, 6.07) is 16.1. The van der Waals surface area contributed by atoms with Crippen LogP contribution in [0.2, 0.25) is 0 Å². The lowest BCUT2D eigenvalue weighted by molar-refractivity contribution is -0.0364. The molecule has 7 nitrogen and oxygen atoms in total. The molecule has 2 aromatic carbocycles. The Kier molecular flexibility index (Phi) is 6.03. The van der Waals surface area contributed by atoms with Crippen LogP contribution in [-0.4, -0.2) is 42.8 Å². The zero-order valence-corrected chi connectivity index (χ0v) is 18.9. The van der Waals surface area contributed by atoms with Gasteiger partial charge in [-0.25, -0.2) is 9.37 Å². The van der Waals surface area contributed by atoms with Crippen molar-refractivity contribution in [3.63, 3.8) is 0 Å². The highest BCUT2D eigenvalue weighted by atomic mass is 19.1. The van der Waals surface area contributed by atoms with Crippen molar-refractivity contribution in [3.8, 4) is 5.69 Å². The van der Waals surface area contributed by atoms with E-state index in [1.54, 1.807) is 18.2 Å². The molecule has 5 rings (SSSR count). The summed E-state index contributed by atoms with van der Waals surface area (Å²) in [5.74, 6) is -0.243. The van der Waals surface area contributed by atoms with Gasteiger partial charge in [0.1, 0.15) is 12.1 Å². The fraction of sp³-hybridized carbons (Fsp3) is 0.308. The standard InChI is InChI=1S/C26H28FN5O2/c27-21-6-4-19(5-7-21)16-30-12-9-26(34,10-13-30)17-31-18-29-24-23(25(31)33)8-11-32(24)22-3-1-2-20(14-22)15-28/h1-8,11,14,18,34H,9-10,12-13,15-17,28H2. The monoisotopic (exact) mass is 461 g/mol. The number of piperidine rings is 1. The molecule has 0 unspecified atom stereocenters. The predicted molar refractivity (Wildman–Crippen MR) is 129 cm³/mol. The number of nitrogens with two attached hydrogens (primary N) is 1. The molecule has 1 fully saturated rings. The molecular weight excluding hydrogens is 433 g/mol. The lowest BCUT2D eigenvalue weighted by atomic mass is 9.91. The van der Waals surface area contributed by atoms with Gasteiger partial charge in [-0.2, -0.15) is 0 Å². The third-order valence-corrected chi connectivity index (χ3v) is 6.67. The van der Waals surface area contributed by atoms with Gasteiger partial charge in [0.15, 0.2) is 5.65 Å². The number of hydrogen-bond acceptors (Lipinski definition) is 5. The Morgan fingerprint density at radius 2 is 1.82 bits per heavy atom. The van der Waals surface area contributed by atoms with Crippen molar-refractivity contribution >= 4 is 11.0 Å². The maximum atomic E-state index is 13.2. The molecule has 0 saturated carbocycles. The second-order valence-corrected chi connectivity index (χ2v) is 9.10. The number of rotatable bonds is 6. The molecule has 1 aliphatic rings. The topological polar surface area (TPSA) is 89.3 Å². The van der Waals surface area contributed by atoms with Gasteiger partial charge in [-0.3, -0.25) is 14.3 Å². The van der Waals surface area contributed by atoms with Gasteiger partial charge in [0, 0.05) is 38.1 Å². The number of aromatic nitrogens is 3. The average molecular weight is 462 g/mol. The quantitative estimate of drug-likeness (QED) is 0.461. The summed E-state index contributed by atoms with van der Waals surface area (Å²) in [6.07, 6.45) is 4.45. The Balaban J connectivity index is 1.30. The van der Waals surface area contributed by atoms with Gasteiger partial charge >= 0.3 is 0 Å². The molecule has 0 aliphatic carbocycles. The minimum Gasteiger partial charge on any atom is -0.388 e. The molecule has 3 N–H and O–H groups in total. The third kappa shape index (κ3) is 4.52. The van der Waals surface area contributed by atoms with Crippen LogP contribution in [0.3, 0.4) is 0 Å². The van der Waals surface area contributed by atoms with Gasteiger partial charge in [0.05, 0.1) is 17.5 Å². The van der Waals surface area contributed by atoms with Crippen molar-refractivity contribution in [1.82, 2.24) is 19.0 Å². The maximum absolute atomic E-state index is 13.2. The number of benzene rings is 2. The molecule has 0 spiro atoms. The molecule has 34 heavy (non-hydrogen) atoms. The zero-order chi connectivity index (χ0) is 23.7. The number of fused-ring (bicyclic) bond motifs is 1. The minimum atomic E-state index is -0.976. The minimum absolute atomic E-state index is 0.166. The van der Waals surface area contributed by atoms with Crippen molar-refractivity contribution in [3.05, 3.63) is 94.4 Å². The van der Waals surface area contributed by atoms with E-state index < -0.39 is 5.60 Å². The highest BCUT2D eigenvalue weighted by Gasteiger charge is 2.33. The highest BCUT2D eigenvalue weighted by Crippen LogP contribution is 2.25. The Hall–Kier alpha value is -3.33. The van der Waals surface area contributed by atoms with Gasteiger partial charge in [-0.05, 0) is 54.3 Å². The van der Waals surface area contributed by atoms with Crippen LogP contribution in [0.25, 0.3) is 16.7 Å².